The van der Waals surface area contributed by atoms with E-state index in [1.807, 2.05) is 0 Å². The maximum atomic E-state index is 3.94. The molecule has 2 aliphatic rings. The van der Waals surface area contributed by atoms with Gasteiger partial charge in [0.25, 0.3) is 0 Å². The van der Waals surface area contributed by atoms with Gasteiger partial charge in [-0.1, -0.05) is 84.9 Å². The van der Waals surface area contributed by atoms with Crippen molar-refractivity contribution in [3.05, 3.63) is 132 Å². The molecule has 3 nitrogen and oxygen atoms in total. The summed E-state index contributed by atoms with van der Waals surface area (Å²) in [5.74, 6) is 0. The zero-order valence-electron chi connectivity index (χ0n) is 22.2. The fourth-order valence-electron chi connectivity index (χ4n) is 6.35. The van der Waals surface area contributed by atoms with E-state index in [9.17, 15) is 0 Å². The number of anilines is 6. The Morgan fingerprint density at radius 1 is 0.564 bits per heavy atom. The highest BCUT2D eigenvalue weighted by Gasteiger charge is 2.31. The predicted octanol–water partition coefficient (Wildman–Crippen LogP) is 9.27. The third kappa shape index (κ3) is 4.44. The van der Waals surface area contributed by atoms with Gasteiger partial charge < -0.3 is 15.1 Å². The third-order valence-electron chi connectivity index (χ3n) is 8.06. The van der Waals surface area contributed by atoms with Crippen LogP contribution in [-0.4, -0.2) is 13.1 Å². The monoisotopic (exact) mass is 507 g/mol. The van der Waals surface area contributed by atoms with Crippen molar-refractivity contribution in [1.82, 2.24) is 0 Å². The molecule has 0 saturated heterocycles. The molecule has 5 aromatic rings. The molecule has 0 saturated carbocycles. The Balaban J connectivity index is 1.44. The van der Waals surface area contributed by atoms with E-state index in [4.69, 9.17) is 0 Å². The Morgan fingerprint density at radius 3 is 1.79 bits per heavy atom. The van der Waals surface area contributed by atoms with Gasteiger partial charge in [0, 0.05) is 52.7 Å². The SMILES string of the molecule is c1ccc(-c2ccccc2Nc2cc(N(c3ccccc3)c3ccccc3)c3c4c2CCCN4CCC3)cc1. The highest BCUT2D eigenvalue weighted by atomic mass is 15.2. The van der Waals surface area contributed by atoms with E-state index in [0.717, 1.165) is 31.6 Å². The Kier molecular flexibility index (Phi) is 6.26. The van der Waals surface area contributed by atoms with Gasteiger partial charge in [-0.15, -0.1) is 0 Å². The van der Waals surface area contributed by atoms with Gasteiger partial charge in [-0.25, -0.2) is 0 Å². The highest BCUT2D eigenvalue weighted by Crippen LogP contribution is 2.49. The van der Waals surface area contributed by atoms with E-state index in [-0.39, 0.29) is 0 Å². The van der Waals surface area contributed by atoms with E-state index >= 15 is 0 Å². The molecule has 0 unspecified atom stereocenters. The van der Waals surface area contributed by atoms with Crippen LogP contribution in [0.3, 0.4) is 0 Å². The first kappa shape index (κ1) is 23.6. The Bertz CT molecular complexity index is 1540. The molecule has 1 N–H and O–H groups in total. The summed E-state index contributed by atoms with van der Waals surface area (Å²) in [5.41, 5.74) is 12.9. The lowest BCUT2D eigenvalue weighted by atomic mass is 9.88. The van der Waals surface area contributed by atoms with Crippen LogP contribution in [0.4, 0.5) is 34.1 Å². The second-order valence-corrected chi connectivity index (χ2v) is 10.5. The average Bonchev–Trinajstić information content (AvgIpc) is 3.01. The minimum Gasteiger partial charge on any atom is -0.371 e. The maximum absolute atomic E-state index is 3.94. The van der Waals surface area contributed by atoms with Gasteiger partial charge in [0.2, 0.25) is 0 Å². The van der Waals surface area contributed by atoms with Crippen molar-refractivity contribution in [2.75, 3.05) is 28.2 Å². The number of rotatable bonds is 6. The fraction of sp³-hybridized carbons (Fsp3) is 0.167. The summed E-state index contributed by atoms with van der Waals surface area (Å²) < 4.78 is 0. The van der Waals surface area contributed by atoms with Crippen molar-refractivity contribution in [3.63, 3.8) is 0 Å². The standard InChI is InChI=1S/C36H33N3/c1-4-14-27(15-5-1)30-20-10-11-23-33(30)37-34-26-35(32-22-13-25-38-24-12-21-31(34)36(32)38)39(28-16-6-2-7-17-28)29-18-8-3-9-19-29/h1-11,14-20,23,26,37H,12-13,21-22,24-25H2. The third-order valence-corrected chi connectivity index (χ3v) is 8.06. The molecule has 0 spiro atoms. The number of benzene rings is 5. The largest absolute Gasteiger partial charge is 0.371 e. The first-order valence-corrected chi connectivity index (χ1v) is 14.1. The first-order chi connectivity index (χ1) is 19.4. The first-order valence-electron chi connectivity index (χ1n) is 14.1. The van der Waals surface area contributed by atoms with E-state index in [1.54, 1.807) is 0 Å². The van der Waals surface area contributed by atoms with Crippen molar-refractivity contribution in [1.29, 1.82) is 0 Å². The molecule has 7 rings (SSSR count). The van der Waals surface area contributed by atoms with Crippen molar-refractivity contribution < 1.29 is 0 Å². The topological polar surface area (TPSA) is 18.5 Å². The molecule has 2 heterocycles. The van der Waals surface area contributed by atoms with Gasteiger partial charge in [-0.2, -0.15) is 0 Å². The predicted molar refractivity (Wildman–Crippen MR) is 165 cm³/mol. The fourth-order valence-corrected chi connectivity index (χ4v) is 6.35. The number of nitrogens with one attached hydrogen (secondary N) is 1. The average molecular weight is 508 g/mol. The second-order valence-electron chi connectivity index (χ2n) is 10.5. The van der Waals surface area contributed by atoms with Crippen LogP contribution >= 0.6 is 0 Å². The number of hydrogen-bond donors (Lipinski definition) is 1. The van der Waals surface area contributed by atoms with Crippen LogP contribution in [0.2, 0.25) is 0 Å². The highest BCUT2D eigenvalue weighted by molar-refractivity contribution is 5.90. The van der Waals surface area contributed by atoms with Gasteiger partial charge in [0.05, 0.1) is 5.69 Å². The number of hydrogen-bond acceptors (Lipinski definition) is 3. The zero-order chi connectivity index (χ0) is 26.0. The molecule has 3 heteroatoms. The summed E-state index contributed by atoms with van der Waals surface area (Å²) in [7, 11) is 0. The normalized spacial score (nSPS) is 14.0. The second kappa shape index (κ2) is 10.3. The van der Waals surface area contributed by atoms with Crippen molar-refractivity contribution in [2.24, 2.45) is 0 Å². The quantitative estimate of drug-likeness (QED) is 0.247. The van der Waals surface area contributed by atoms with Gasteiger partial charge in [-0.05, 0) is 73.2 Å². The van der Waals surface area contributed by atoms with Crippen LogP contribution in [0, 0.1) is 0 Å². The summed E-state index contributed by atoms with van der Waals surface area (Å²) in [6, 6.07) is 43.4. The van der Waals surface area contributed by atoms with Crippen LogP contribution in [0.1, 0.15) is 24.0 Å². The molecular weight excluding hydrogens is 474 g/mol. The Hall–Kier alpha value is -4.50. The van der Waals surface area contributed by atoms with E-state index in [2.05, 4.69) is 136 Å². The summed E-state index contributed by atoms with van der Waals surface area (Å²) in [4.78, 5) is 5.09. The summed E-state index contributed by atoms with van der Waals surface area (Å²) in [6.45, 7) is 2.28. The molecule has 0 amide bonds. The molecule has 39 heavy (non-hydrogen) atoms. The van der Waals surface area contributed by atoms with Gasteiger partial charge in [-0.3, -0.25) is 0 Å². The number of nitrogens with zero attached hydrogens (tertiary/aromatic N) is 2. The summed E-state index contributed by atoms with van der Waals surface area (Å²) >= 11 is 0. The van der Waals surface area contributed by atoms with E-state index in [1.165, 1.54) is 63.5 Å². The lowest BCUT2D eigenvalue weighted by Gasteiger charge is -2.41. The zero-order valence-corrected chi connectivity index (χ0v) is 22.2. The molecule has 192 valence electrons. The van der Waals surface area contributed by atoms with Crippen molar-refractivity contribution in [2.45, 2.75) is 25.7 Å². The van der Waals surface area contributed by atoms with Crippen molar-refractivity contribution >= 4 is 34.1 Å². The van der Waals surface area contributed by atoms with Crippen LogP contribution in [0.25, 0.3) is 11.1 Å². The minimum atomic E-state index is 1.10. The summed E-state index contributed by atoms with van der Waals surface area (Å²) in [5, 5.41) is 3.94. The molecule has 0 fully saturated rings. The van der Waals surface area contributed by atoms with Crippen LogP contribution < -0.4 is 15.1 Å². The lowest BCUT2D eigenvalue weighted by molar-refractivity contribution is 0.635. The van der Waals surface area contributed by atoms with Crippen molar-refractivity contribution in [3.8, 4) is 11.1 Å². The smallest absolute Gasteiger partial charge is 0.0535 e. The lowest BCUT2D eigenvalue weighted by Crippen LogP contribution is -2.35. The van der Waals surface area contributed by atoms with Gasteiger partial charge in [0.15, 0.2) is 0 Å². The molecular formula is C36H33N3. The molecule has 0 radical (unpaired) electrons. The maximum Gasteiger partial charge on any atom is 0.0535 e. The van der Waals surface area contributed by atoms with Crippen LogP contribution in [-0.2, 0) is 12.8 Å². The molecule has 5 aromatic carbocycles. The number of para-hydroxylation sites is 3. The molecule has 0 bridgehead atoms. The molecule has 2 aliphatic heterocycles. The van der Waals surface area contributed by atoms with E-state index in [0.29, 0.717) is 0 Å². The minimum absolute atomic E-state index is 1.10. The Labute approximate surface area is 231 Å². The van der Waals surface area contributed by atoms with Crippen LogP contribution in [0.15, 0.2) is 121 Å². The Morgan fingerprint density at radius 2 is 1.13 bits per heavy atom. The van der Waals surface area contributed by atoms with Gasteiger partial charge in [0.1, 0.15) is 0 Å². The molecule has 0 aromatic heterocycles. The van der Waals surface area contributed by atoms with Crippen LogP contribution in [0.5, 0.6) is 0 Å². The van der Waals surface area contributed by atoms with E-state index < -0.39 is 0 Å². The molecule has 0 atom stereocenters. The molecule has 0 aliphatic carbocycles. The van der Waals surface area contributed by atoms with Gasteiger partial charge >= 0.3 is 0 Å². The summed E-state index contributed by atoms with van der Waals surface area (Å²) in [6.07, 6.45) is 4.60.